The van der Waals surface area contributed by atoms with Gasteiger partial charge in [-0.3, -0.25) is 14.5 Å². The molecule has 0 aromatic carbocycles. The van der Waals surface area contributed by atoms with Crippen molar-refractivity contribution in [2.24, 2.45) is 11.8 Å². The fraction of sp³-hybridized carbons (Fsp3) is 0.800. The molecule has 0 aromatic rings. The van der Waals surface area contributed by atoms with Crippen molar-refractivity contribution >= 4 is 11.8 Å². The van der Waals surface area contributed by atoms with E-state index in [9.17, 15) is 9.59 Å². The molecular formula is C10H16N2O2. The van der Waals surface area contributed by atoms with Gasteiger partial charge in [-0.2, -0.15) is 0 Å². The number of fused-ring (bicyclic) bond motifs is 1. The smallest absolute Gasteiger partial charge is 0.234 e. The monoisotopic (exact) mass is 196 g/mol. The Morgan fingerprint density at radius 3 is 2.71 bits per heavy atom. The number of nitrogens with one attached hydrogen (secondary N) is 1. The van der Waals surface area contributed by atoms with Crippen LogP contribution in [0.3, 0.4) is 0 Å². The maximum atomic E-state index is 11.8. The number of piperidine rings is 1. The Bertz CT molecular complexity index is 241. The number of carbonyl (C=O) groups is 2. The molecule has 14 heavy (non-hydrogen) atoms. The lowest BCUT2D eigenvalue weighted by molar-refractivity contribution is -0.139. The van der Waals surface area contributed by atoms with Gasteiger partial charge in [-0.25, -0.2) is 0 Å². The summed E-state index contributed by atoms with van der Waals surface area (Å²) in [6, 6.07) is 0. The number of amides is 2. The lowest BCUT2D eigenvalue weighted by atomic mass is 9.89. The molecule has 0 radical (unpaired) electrons. The Hall–Kier alpha value is -0.900. The van der Waals surface area contributed by atoms with Gasteiger partial charge in [0, 0.05) is 13.1 Å². The van der Waals surface area contributed by atoms with E-state index in [-0.39, 0.29) is 23.7 Å². The second-order valence-electron chi connectivity index (χ2n) is 4.03. The van der Waals surface area contributed by atoms with Crippen LogP contribution in [-0.4, -0.2) is 36.3 Å². The number of hydrogen-bond acceptors (Lipinski definition) is 3. The molecule has 0 saturated carbocycles. The van der Waals surface area contributed by atoms with Gasteiger partial charge in [0.15, 0.2) is 0 Å². The summed E-state index contributed by atoms with van der Waals surface area (Å²) < 4.78 is 0. The summed E-state index contributed by atoms with van der Waals surface area (Å²) in [5, 5.41) is 3.17. The molecule has 2 heterocycles. The number of hydrogen-bond donors (Lipinski definition) is 1. The molecule has 2 aliphatic heterocycles. The zero-order valence-corrected chi connectivity index (χ0v) is 8.45. The highest BCUT2D eigenvalue weighted by Crippen LogP contribution is 2.30. The van der Waals surface area contributed by atoms with E-state index in [0.717, 1.165) is 19.4 Å². The third-order valence-electron chi connectivity index (χ3n) is 3.10. The molecule has 4 nitrogen and oxygen atoms in total. The first-order valence-electron chi connectivity index (χ1n) is 5.31. The topological polar surface area (TPSA) is 49.4 Å². The number of rotatable bonds is 2. The van der Waals surface area contributed by atoms with E-state index < -0.39 is 0 Å². The second-order valence-corrected chi connectivity index (χ2v) is 4.03. The van der Waals surface area contributed by atoms with Gasteiger partial charge in [0.1, 0.15) is 0 Å². The van der Waals surface area contributed by atoms with Crippen LogP contribution in [0.25, 0.3) is 0 Å². The van der Waals surface area contributed by atoms with E-state index in [4.69, 9.17) is 0 Å². The molecule has 0 unspecified atom stereocenters. The SMILES string of the molecule is CCCN1C(=O)[C@H]2CNCC[C@H]2C1=O. The van der Waals surface area contributed by atoms with Crippen LogP contribution >= 0.6 is 0 Å². The van der Waals surface area contributed by atoms with Gasteiger partial charge in [0.2, 0.25) is 11.8 Å². The third kappa shape index (κ3) is 1.34. The standard InChI is InChI=1S/C10H16N2O2/c1-2-5-12-9(13)7-3-4-11-6-8(7)10(12)14/h7-8,11H,2-6H2,1H3/t7-,8+/m1/s1. The predicted octanol–water partition coefficient (Wildman–Crippen LogP) is -0.00910. The van der Waals surface area contributed by atoms with Crippen LogP contribution in [0.2, 0.25) is 0 Å². The number of nitrogens with zero attached hydrogens (tertiary/aromatic N) is 1. The van der Waals surface area contributed by atoms with Crippen molar-refractivity contribution in [1.29, 1.82) is 0 Å². The van der Waals surface area contributed by atoms with Crippen LogP contribution in [0.1, 0.15) is 19.8 Å². The van der Waals surface area contributed by atoms with E-state index in [0.29, 0.717) is 13.1 Å². The van der Waals surface area contributed by atoms with Gasteiger partial charge in [-0.1, -0.05) is 6.92 Å². The van der Waals surface area contributed by atoms with Crippen LogP contribution in [0, 0.1) is 11.8 Å². The maximum absolute atomic E-state index is 11.8. The molecule has 0 aliphatic carbocycles. The first-order chi connectivity index (χ1) is 6.75. The average molecular weight is 196 g/mol. The zero-order valence-electron chi connectivity index (χ0n) is 8.45. The minimum atomic E-state index is -0.0807. The van der Waals surface area contributed by atoms with Crippen molar-refractivity contribution in [3.63, 3.8) is 0 Å². The summed E-state index contributed by atoms with van der Waals surface area (Å²) >= 11 is 0. The van der Waals surface area contributed by atoms with Crippen molar-refractivity contribution in [3.8, 4) is 0 Å². The molecular weight excluding hydrogens is 180 g/mol. The van der Waals surface area contributed by atoms with Crippen molar-refractivity contribution in [3.05, 3.63) is 0 Å². The number of carbonyl (C=O) groups excluding carboxylic acids is 2. The Morgan fingerprint density at radius 2 is 2.07 bits per heavy atom. The molecule has 2 aliphatic rings. The Morgan fingerprint density at radius 1 is 1.36 bits per heavy atom. The summed E-state index contributed by atoms with van der Waals surface area (Å²) in [5.41, 5.74) is 0. The normalized spacial score (nSPS) is 32.2. The molecule has 0 spiro atoms. The highest BCUT2D eigenvalue weighted by atomic mass is 16.2. The average Bonchev–Trinajstić information content (AvgIpc) is 2.45. The van der Waals surface area contributed by atoms with Crippen molar-refractivity contribution in [2.75, 3.05) is 19.6 Å². The molecule has 2 atom stereocenters. The molecule has 2 saturated heterocycles. The second kappa shape index (κ2) is 3.69. The van der Waals surface area contributed by atoms with E-state index in [1.54, 1.807) is 0 Å². The third-order valence-corrected chi connectivity index (χ3v) is 3.10. The molecule has 0 aromatic heterocycles. The van der Waals surface area contributed by atoms with Crippen LogP contribution in [0.5, 0.6) is 0 Å². The largest absolute Gasteiger partial charge is 0.316 e. The van der Waals surface area contributed by atoms with Gasteiger partial charge >= 0.3 is 0 Å². The highest BCUT2D eigenvalue weighted by Gasteiger charge is 2.47. The molecule has 2 fully saturated rings. The zero-order chi connectivity index (χ0) is 10.1. The maximum Gasteiger partial charge on any atom is 0.234 e. The predicted molar refractivity (Wildman–Crippen MR) is 51.5 cm³/mol. The van der Waals surface area contributed by atoms with E-state index >= 15 is 0 Å². The summed E-state index contributed by atoms with van der Waals surface area (Å²) in [6.45, 7) is 4.11. The van der Waals surface area contributed by atoms with E-state index in [1.807, 2.05) is 6.92 Å². The molecule has 2 rings (SSSR count). The van der Waals surface area contributed by atoms with Crippen LogP contribution in [0.15, 0.2) is 0 Å². The van der Waals surface area contributed by atoms with Gasteiger partial charge in [0.05, 0.1) is 11.8 Å². The fourth-order valence-corrected chi connectivity index (χ4v) is 2.37. The lowest BCUT2D eigenvalue weighted by Gasteiger charge is -2.21. The first kappa shape index (κ1) is 9.65. The molecule has 2 amide bonds. The number of imide groups is 1. The molecule has 0 bridgehead atoms. The van der Waals surface area contributed by atoms with Gasteiger partial charge in [-0.05, 0) is 19.4 Å². The van der Waals surface area contributed by atoms with Crippen molar-refractivity contribution < 1.29 is 9.59 Å². The van der Waals surface area contributed by atoms with Crippen LogP contribution in [-0.2, 0) is 9.59 Å². The van der Waals surface area contributed by atoms with E-state index in [2.05, 4.69) is 5.32 Å². The van der Waals surface area contributed by atoms with Crippen LogP contribution < -0.4 is 5.32 Å². The minimum absolute atomic E-state index is 0.0321. The Labute approximate surface area is 83.6 Å². The molecule has 1 N–H and O–H groups in total. The van der Waals surface area contributed by atoms with Gasteiger partial charge < -0.3 is 5.32 Å². The molecule has 4 heteroatoms. The lowest BCUT2D eigenvalue weighted by Crippen LogP contribution is -2.38. The Kier molecular flexibility index (Phi) is 2.54. The molecule has 78 valence electrons. The van der Waals surface area contributed by atoms with Gasteiger partial charge in [0.25, 0.3) is 0 Å². The number of likely N-dealkylation sites (tertiary alicyclic amines) is 1. The van der Waals surface area contributed by atoms with Crippen molar-refractivity contribution in [2.45, 2.75) is 19.8 Å². The van der Waals surface area contributed by atoms with Gasteiger partial charge in [-0.15, -0.1) is 0 Å². The highest BCUT2D eigenvalue weighted by molar-refractivity contribution is 6.05. The summed E-state index contributed by atoms with van der Waals surface area (Å²) in [6.07, 6.45) is 1.67. The van der Waals surface area contributed by atoms with Crippen LogP contribution in [0.4, 0.5) is 0 Å². The quantitative estimate of drug-likeness (QED) is 0.632. The summed E-state index contributed by atoms with van der Waals surface area (Å²) in [5.74, 6) is -0.0181. The Balaban J connectivity index is 2.15. The van der Waals surface area contributed by atoms with E-state index in [1.165, 1.54) is 4.90 Å². The first-order valence-corrected chi connectivity index (χ1v) is 5.31. The minimum Gasteiger partial charge on any atom is -0.316 e. The summed E-state index contributed by atoms with van der Waals surface area (Å²) in [4.78, 5) is 25.1. The fourth-order valence-electron chi connectivity index (χ4n) is 2.37. The summed E-state index contributed by atoms with van der Waals surface area (Å²) in [7, 11) is 0. The van der Waals surface area contributed by atoms with Crippen molar-refractivity contribution in [1.82, 2.24) is 10.2 Å².